The first-order valence-corrected chi connectivity index (χ1v) is 8.93. The van der Waals surface area contributed by atoms with E-state index in [1.54, 1.807) is 23.0 Å². The number of amides is 1. The zero-order chi connectivity index (χ0) is 15.9. The number of halogens is 2. The molecule has 1 aliphatic heterocycles. The van der Waals surface area contributed by atoms with Crippen molar-refractivity contribution in [1.82, 2.24) is 9.55 Å². The summed E-state index contributed by atoms with van der Waals surface area (Å²) in [6.45, 7) is 0. The summed E-state index contributed by atoms with van der Waals surface area (Å²) in [7, 11) is 0. The number of fused-ring (bicyclic) bond motifs is 1. The molecule has 1 aromatic rings. The molecule has 8 heteroatoms. The predicted molar refractivity (Wildman–Crippen MR) is 90.4 cm³/mol. The Balaban J connectivity index is 2.03. The lowest BCUT2D eigenvalue weighted by Gasteiger charge is -2.19. The van der Waals surface area contributed by atoms with Gasteiger partial charge in [-0.1, -0.05) is 11.6 Å². The maximum absolute atomic E-state index is 12.3. The van der Waals surface area contributed by atoms with Crippen molar-refractivity contribution in [2.75, 3.05) is 0 Å². The number of carbonyl (C=O) groups excluding carboxylic acids is 2. The molecule has 0 radical (unpaired) electrons. The van der Waals surface area contributed by atoms with Gasteiger partial charge in [-0.2, -0.15) is 5.26 Å². The minimum Gasteiger partial charge on any atom is -0.369 e. The topological polar surface area (TPSA) is 102 Å². The Morgan fingerprint density at radius 3 is 2.91 bits per heavy atom. The molecule has 1 amide bonds. The number of nitrogens with two attached hydrogens (primary N) is 1. The van der Waals surface area contributed by atoms with E-state index in [2.05, 4.69) is 4.98 Å². The van der Waals surface area contributed by atoms with Crippen molar-refractivity contribution in [3.05, 3.63) is 35.4 Å². The summed E-state index contributed by atoms with van der Waals surface area (Å²) < 4.78 is 3.15. The molecule has 0 bridgehead atoms. The Bertz CT molecular complexity index is 828. The zero-order valence-electron chi connectivity index (χ0n) is 11.2. The number of aromatic nitrogens is 2. The van der Waals surface area contributed by atoms with Crippen LogP contribution in [0.1, 0.15) is 22.6 Å². The quantitative estimate of drug-likeness (QED) is 0.725. The molecule has 0 saturated carbocycles. The minimum absolute atomic E-state index is 0.107. The van der Waals surface area contributed by atoms with Crippen molar-refractivity contribution in [3.8, 4) is 6.07 Å². The number of nitrogens with zero attached hydrogens (tertiary/aromatic N) is 3. The number of ketones is 1. The summed E-state index contributed by atoms with van der Waals surface area (Å²) in [5, 5.41) is 8.94. The fourth-order valence-corrected chi connectivity index (χ4v) is 5.06. The van der Waals surface area contributed by atoms with Crippen LogP contribution in [0.2, 0.25) is 0 Å². The molecule has 3 rings (SSSR count). The number of nitriles is 1. The summed E-state index contributed by atoms with van der Waals surface area (Å²) in [5.74, 6) is -1.10. The van der Waals surface area contributed by atoms with Gasteiger partial charge >= 0.3 is 0 Å². The summed E-state index contributed by atoms with van der Waals surface area (Å²) in [4.78, 5) is 27.9. The SMILES string of the molecule is N#CC1=CC=C(n2cnc3c2C(=O)C[C@@H](C(N)=O)C3)I=C1Cl. The van der Waals surface area contributed by atoms with Gasteiger partial charge in [-0.25, -0.2) is 4.98 Å². The number of Topliss-reactive ketones (excluding diaryl/α,β-unsaturated/α-hetero) is 1. The average molecular weight is 429 g/mol. The molecule has 1 atom stereocenters. The first kappa shape index (κ1) is 15.1. The molecule has 2 N–H and O–H groups in total. The Kier molecular flexibility index (Phi) is 3.97. The van der Waals surface area contributed by atoms with E-state index in [0.29, 0.717) is 26.3 Å². The second kappa shape index (κ2) is 5.78. The third-order valence-corrected chi connectivity index (χ3v) is 6.67. The van der Waals surface area contributed by atoms with Crippen LogP contribution in [0.5, 0.6) is 0 Å². The molecular formula is C14H10ClIN4O2. The maximum atomic E-state index is 12.3. The van der Waals surface area contributed by atoms with Gasteiger partial charge in [0.1, 0.15) is 18.1 Å². The molecule has 0 spiro atoms. The van der Waals surface area contributed by atoms with Crippen molar-refractivity contribution < 1.29 is 9.59 Å². The number of rotatable bonds is 2. The van der Waals surface area contributed by atoms with Crippen LogP contribution in [0.4, 0.5) is 0 Å². The predicted octanol–water partition coefficient (Wildman–Crippen LogP) is 1.71. The molecular weight excluding hydrogens is 419 g/mol. The highest BCUT2D eigenvalue weighted by atomic mass is 127. The van der Waals surface area contributed by atoms with Crippen LogP contribution < -0.4 is 5.73 Å². The molecule has 0 saturated heterocycles. The van der Waals surface area contributed by atoms with Crippen molar-refractivity contribution in [3.63, 3.8) is 0 Å². The molecule has 1 aromatic heterocycles. The van der Waals surface area contributed by atoms with Crippen molar-refractivity contribution in [2.45, 2.75) is 12.8 Å². The minimum atomic E-state index is -0.742. The standard InChI is InChI=1S/C14H10ClIN4O2/c15-13-7(5-17)1-2-11(16-13)20-6-19-9-3-8(14(18)22)4-10(21)12(9)20/h1-2,6,8H,3-4H2,(H2,18,22)/t8-/m0/s1. The highest BCUT2D eigenvalue weighted by Gasteiger charge is 2.33. The van der Waals surface area contributed by atoms with Gasteiger partial charge in [0.05, 0.1) is 23.9 Å². The molecule has 2 aliphatic rings. The fraction of sp³-hybridized carbons (Fsp3) is 0.214. The molecule has 1 aliphatic carbocycles. The normalized spacial score (nSPS) is 20.8. The molecule has 2 heterocycles. The van der Waals surface area contributed by atoms with Crippen LogP contribution in [0, 0.1) is 17.2 Å². The van der Waals surface area contributed by atoms with Crippen LogP contribution in [0.15, 0.2) is 24.1 Å². The van der Waals surface area contributed by atoms with E-state index in [9.17, 15) is 9.59 Å². The number of primary amides is 1. The van der Waals surface area contributed by atoms with Gasteiger partial charge in [0.25, 0.3) is 0 Å². The average Bonchev–Trinajstić information content (AvgIpc) is 2.91. The smallest absolute Gasteiger partial charge is 0.221 e. The van der Waals surface area contributed by atoms with Crippen molar-refractivity contribution in [1.29, 1.82) is 5.26 Å². The molecule has 0 unspecified atom stereocenters. The highest BCUT2D eigenvalue weighted by Crippen LogP contribution is 2.34. The third-order valence-electron chi connectivity index (χ3n) is 3.50. The first-order valence-electron chi connectivity index (χ1n) is 6.40. The van der Waals surface area contributed by atoms with Gasteiger partial charge in [0.2, 0.25) is 5.91 Å². The monoisotopic (exact) mass is 428 g/mol. The number of hydrogen-bond donors (Lipinski definition) is 1. The Hall–Kier alpha value is -1.79. The number of carbonyl (C=O) groups is 2. The van der Waals surface area contributed by atoms with E-state index in [1.165, 1.54) is 0 Å². The summed E-state index contributed by atoms with van der Waals surface area (Å²) in [6.07, 6.45) is 5.51. The van der Waals surface area contributed by atoms with Crippen molar-refractivity contribution >= 4 is 50.7 Å². The lowest BCUT2D eigenvalue weighted by atomic mass is 9.88. The summed E-state index contributed by atoms with van der Waals surface area (Å²) in [6, 6.07) is 2.04. The van der Waals surface area contributed by atoms with E-state index in [4.69, 9.17) is 22.6 Å². The number of allylic oxidation sites excluding steroid dienone is 3. The van der Waals surface area contributed by atoms with E-state index in [-0.39, 0.29) is 12.2 Å². The van der Waals surface area contributed by atoms with Crippen LogP contribution >= 0.6 is 32.3 Å². The number of imidazole rings is 1. The van der Waals surface area contributed by atoms with Gasteiger partial charge in [-0.3, -0.25) is 14.2 Å². The molecule has 112 valence electrons. The fourth-order valence-electron chi connectivity index (χ4n) is 2.41. The lowest BCUT2D eigenvalue weighted by Crippen LogP contribution is -2.32. The lowest BCUT2D eigenvalue weighted by molar-refractivity contribution is -0.121. The zero-order valence-corrected chi connectivity index (χ0v) is 14.1. The van der Waals surface area contributed by atoms with E-state index < -0.39 is 32.6 Å². The Labute approximate surface area is 141 Å². The second-order valence-corrected chi connectivity index (χ2v) is 8.62. The van der Waals surface area contributed by atoms with Gasteiger partial charge < -0.3 is 5.73 Å². The first-order chi connectivity index (χ1) is 10.5. The van der Waals surface area contributed by atoms with Crippen LogP contribution in [-0.2, 0) is 11.2 Å². The van der Waals surface area contributed by atoms with Gasteiger partial charge in [-0.05, 0) is 32.9 Å². The van der Waals surface area contributed by atoms with E-state index >= 15 is 0 Å². The van der Waals surface area contributed by atoms with Gasteiger partial charge in [-0.15, -0.1) is 0 Å². The van der Waals surface area contributed by atoms with Crippen LogP contribution in [-0.4, -0.2) is 24.2 Å². The van der Waals surface area contributed by atoms with Gasteiger partial charge in [0, 0.05) is 12.8 Å². The molecule has 0 aromatic carbocycles. The highest BCUT2D eigenvalue weighted by molar-refractivity contribution is 14.2. The largest absolute Gasteiger partial charge is 0.369 e. The molecule has 6 nitrogen and oxygen atoms in total. The van der Waals surface area contributed by atoms with Crippen molar-refractivity contribution in [2.24, 2.45) is 11.7 Å². The van der Waals surface area contributed by atoms with E-state index in [0.717, 1.165) is 3.70 Å². The summed E-state index contributed by atoms with van der Waals surface area (Å²) in [5.41, 5.74) is 6.85. The molecule has 0 fully saturated rings. The van der Waals surface area contributed by atoms with Crippen LogP contribution in [0.25, 0.3) is 3.70 Å². The van der Waals surface area contributed by atoms with Crippen LogP contribution in [0.3, 0.4) is 0 Å². The maximum Gasteiger partial charge on any atom is 0.221 e. The second-order valence-electron chi connectivity index (χ2n) is 4.88. The summed E-state index contributed by atoms with van der Waals surface area (Å²) >= 11 is 5.39. The van der Waals surface area contributed by atoms with E-state index in [1.807, 2.05) is 6.07 Å². The Morgan fingerprint density at radius 2 is 2.27 bits per heavy atom. The molecule has 22 heavy (non-hydrogen) atoms. The number of hydrogen-bond acceptors (Lipinski definition) is 4. The Morgan fingerprint density at radius 1 is 1.50 bits per heavy atom. The third kappa shape index (κ3) is 2.53. The van der Waals surface area contributed by atoms with Gasteiger partial charge in [0.15, 0.2) is 5.78 Å².